The molecule has 2 N–H and O–H groups in total. The number of nitrogens with two attached hydrogens (primary N) is 1. The number of hydrogen-bond donors (Lipinski definition) is 1. The highest BCUT2D eigenvalue weighted by atomic mass is 32.2. The molecule has 3 aromatic heterocycles. The number of aromatic nitrogens is 3. The molecule has 0 spiro atoms. The van der Waals surface area contributed by atoms with Crippen molar-refractivity contribution in [3.8, 4) is 0 Å². The summed E-state index contributed by atoms with van der Waals surface area (Å²) in [5, 5.41) is 3.93. The Hall–Kier alpha value is -1.66. The van der Waals surface area contributed by atoms with E-state index < -0.39 is 0 Å². The smallest absolute Gasteiger partial charge is 0.222 e. The number of nitrogens with zero attached hydrogens (tertiary/aromatic N) is 3. The Morgan fingerprint density at radius 2 is 1.94 bits per heavy atom. The number of pyridine rings is 1. The van der Waals surface area contributed by atoms with Crippen LogP contribution in [-0.4, -0.2) is 15.0 Å². The lowest BCUT2D eigenvalue weighted by atomic mass is 10.4. The summed E-state index contributed by atoms with van der Waals surface area (Å²) < 4.78 is 0. The molecule has 0 aliphatic heterocycles. The molecule has 0 aromatic carbocycles. The van der Waals surface area contributed by atoms with Crippen molar-refractivity contribution >= 4 is 39.3 Å². The molecule has 0 bridgehead atoms. The van der Waals surface area contributed by atoms with Crippen molar-refractivity contribution < 1.29 is 0 Å². The number of fused-ring (bicyclic) bond motifs is 1. The van der Waals surface area contributed by atoms with E-state index in [-0.39, 0.29) is 0 Å². The first-order chi connectivity index (χ1) is 8.33. The quantitative estimate of drug-likeness (QED) is 0.718. The molecule has 0 amide bonds. The van der Waals surface area contributed by atoms with E-state index in [1.807, 2.05) is 23.6 Å². The van der Waals surface area contributed by atoms with Crippen molar-refractivity contribution in [1.29, 1.82) is 0 Å². The average molecular weight is 260 g/mol. The number of hydrogen-bond acceptors (Lipinski definition) is 6. The van der Waals surface area contributed by atoms with E-state index in [0.717, 1.165) is 20.1 Å². The van der Waals surface area contributed by atoms with E-state index in [2.05, 4.69) is 15.0 Å². The molecular formula is C11H8N4S2. The van der Waals surface area contributed by atoms with Gasteiger partial charge < -0.3 is 5.73 Å². The van der Waals surface area contributed by atoms with Crippen LogP contribution in [0.5, 0.6) is 0 Å². The highest BCUT2D eigenvalue weighted by Crippen LogP contribution is 2.33. The molecule has 84 valence electrons. The van der Waals surface area contributed by atoms with E-state index >= 15 is 0 Å². The summed E-state index contributed by atoms with van der Waals surface area (Å²) in [6.07, 6.45) is 3.52. The largest absolute Gasteiger partial charge is 0.368 e. The molecule has 17 heavy (non-hydrogen) atoms. The Morgan fingerprint density at radius 1 is 1.12 bits per heavy atom. The van der Waals surface area contributed by atoms with Gasteiger partial charge in [-0.05, 0) is 23.6 Å². The SMILES string of the molecule is Nc1nc(Sc2ccncc2)c2ccsc2n1. The van der Waals surface area contributed by atoms with Crippen molar-refractivity contribution in [2.45, 2.75) is 9.92 Å². The summed E-state index contributed by atoms with van der Waals surface area (Å²) in [6, 6.07) is 5.91. The van der Waals surface area contributed by atoms with Gasteiger partial charge in [0.1, 0.15) is 9.86 Å². The van der Waals surface area contributed by atoms with Crippen molar-refractivity contribution in [3.63, 3.8) is 0 Å². The van der Waals surface area contributed by atoms with Gasteiger partial charge in [0.05, 0.1) is 0 Å². The molecule has 0 saturated heterocycles. The van der Waals surface area contributed by atoms with E-state index in [9.17, 15) is 0 Å². The summed E-state index contributed by atoms with van der Waals surface area (Å²) in [7, 11) is 0. The van der Waals surface area contributed by atoms with Gasteiger partial charge in [0.15, 0.2) is 0 Å². The lowest BCUT2D eigenvalue weighted by Gasteiger charge is -2.02. The summed E-state index contributed by atoms with van der Waals surface area (Å²) in [5.74, 6) is 0.316. The minimum absolute atomic E-state index is 0.316. The first-order valence-electron chi connectivity index (χ1n) is 4.91. The Bertz CT molecular complexity index is 651. The monoisotopic (exact) mass is 260 g/mol. The molecule has 0 radical (unpaired) electrons. The number of thiophene rings is 1. The zero-order chi connectivity index (χ0) is 11.7. The molecule has 3 rings (SSSR count). The lowest BCUT2D eigenvalue weighted by molar-refractivity contribution is 1.12. The Labute approximate surface area is 106 Å². The molecule has 3 heterocycles. The molecule has 0 aliphatic carbocycles. The summed E-state index contributed by atoms with van der Waals surface area (Å²) in [4.78, 5) is 14.5. The van der Waals surface area contributed by atoms with Crippen molar-refractivity contribution in [2.75, 3.05) is 5.73 Å². The van der Waals surface area contributed by atoms with Crippen LogP contribution in [-0.2, 0) is 0 Å². The third-order valence-corrected chi connectivity index (χ3v) is 3.99. The van der Waals surface area contributed by atoms with E-state index in [0.29, 0.717) is 5.95 Å². The fourth-order valence-corrected chi connectivity index (χ4v) is 3.17. The van der Waals surface area contributed by atoms with Crippen LogP contribution in [0.1, 0.15) is 0 Å². The van der Waals surface area contributed by atoms with E-state index in [1.165, 1.54) is 0 Å². The molecule has 0 atom stereocenters. The highest BCUT2D eigenvalue weighted by Gasteiger charge is 2.08. The normalized spacial score (nSPS) is 10.8. The van der Waals surface area contributed by atoms with Gasteiger partial charge in [-0.2, -0.15) is 0 Å². The second-order valence-corrected chi connectivity index (χ2v) is 5.27. The zero-order valence-corrected chi connectivity index (χ0v) is 10.3. The first kappa shape index (κ1) is 10.5. The molecule has 3 aromatic rings. The summed E-state index contributed by atoms with van der Waals surface area (Å²) in [6.45, 7) is 0. The maximum absolute atomic E-state index is 5.70. The molecular weight excluding hydrogens is 252 g/mol. The van der Waals surface area contributed by atoms with E-state index in [4.69, 9.17) is 5.73 Å². The Balaban J connectivity index is 2.08. The second-order valence-electron chi connectivity index (χ2n) is 3.31. The topological polar surface area (TPSA) is 64.7 Å². The van der Waals surface area contributed by atoms with Gasteiger partial charge in [0.2, 0.25) is 5.95 Å². The Kier molecular flexibility index (Phi) is 2.66. The van der Waals surface area contributed by atoms with E-state index in [1.54, 1.807) is 35.5 Å². The maximum atomic E-state index is 5.70. The number of anilines is 1. The summed E-state index contributed by atoms with van der Waals surface area (Å²) >= 11 is 3.14. The highest BCUT2D eigenvalue weighted by molar-refractivity contribution is 7.99. The minimum Gasteiger partial charge on any atom is -0.368 e. The van der Waals surface area contributed by atoms with Gasteiger partial charge in [-0.25, -0.2) is 9.97 Å². The molecule has 0 saturated carbocycles. The lowest BCUT2D eigenvalue weighted by Crippen LogP contribution is -1.95. The van der Waals surface area contributed by atoms with Gasteiger partial charge >= 0.3 is 0 Å². The predicted molar refractivity (Wildman–Crippen MR) is 70.2 cm³/mol. The average Bonchev–Trinajstić information content (AvgIpc) is 2.78. The molecule has 0 unspecified atom stereocenters. The summed E-state index contributed by atoms with van der Waals surface area (Å²) in [5.41, 5.74) is 5.70. The standard InChI is InChI=1S/C11H8N4S2/c12-11-14-9-8(3-6-16-9)10(15-11)17-7-1-4-13-5-2-7/h1-6H,(H2,12,14,15). The third kappa shape index (κ3) is 2.09. The second kappa shape index (κ2) is 4.31. The van der Waals surface area contributed by atoms with Crippen LogP contribution < -0.4 is 5.73 Å². The molecule has 0 fully saturated rings. The number of rotatable bonds is 2. The first-order valence-corrected chi connectivity index (χ1v) is 6.61. The van der Waals surface area contributed by atoms with Crippen LogP contribution in [0.15, 0.2) is 45.9 Å². The fraction of sp³-hybridized carbons (Fsp3) is 0. The molecule has 4 nitrogen and oxygen atoms in total. The van der Waals surface area contributed by atoms with Crippen LogP contribution in [0.25, 0.3) is 10.2 Å². The Morgan fingerprint density at radius 3 is 2.76 bits per heavy atom. The molecule has 0 aliphatic rings. The van der Waals surface area contributed by atoms with Crippen LogP contribution in [0, 0.1) is 0 Å². The van der Waals surface area contributed by atoms with Gasteiger partial charge in [0.25, 0.3) is 0 Å². The minimum atomic E-state index is 0.316. The zero-order valence-electron chi connectivity index (χ0n) is 8.70. The van der Waals surface area contributed by atoms with Gasteiger partial charge in [-0.3, -0.25) is 4.98 Å². The number of nitrogen functional groups attached to an aromatic ring is 1. The van der Waals surface area contributed by atoms with Gasteiger partial charge in [0, 0.05) is 22.7 Å². The molecule has 6 heteroatoms. The van der Waals surface area contributed by atoms with Gasteiger partial charge in [-0.1, -0.05) is 11.8 Å². The fourth-order valence-electron chi connectivity index (χ4n) is 1.44. The van der Waals surface area contributed by atoms with Crippen LogP contribution in [0.4, 0.5) is 5.95 Å². The van der Waals surface area contributed by atoms with Crippen LogP contribution in [0.3, 0.4) is 0 Å². The predicted octanol–water partition coefficient (Wildman–Crippen LogP) is 2.82. The third-order valence-electron chi connectivity index (χ3n) is 2.17. The van der Waals surface area contributed by atoms with Crippen LogP contribution in [0.2, 0.25) is 0 Å². The van der Waals surface area contributed by atoms with Crippen molar-refractivity contribution in [2.24, 2.45) is 0 Å². The van der Waals surface area contributed by atoms with Crippen LogP contribution >= 0.6 is 23.1 Å². The maximum Gasteiger partial charge on any atom is 0.222 e. The van der Waals surface area contributed by atoms with Crippen molar-refractivity contribution in [3.05, 3.63) is 36.0 Å². The van der Waals surface area contributed by atoms with Gasteiger partial charge in [-0.15, -0.1) is 11.3 Å². The van der Waals surface area contributed by atoms with Crippen molar-refractivity contribution in [1.82, 2.24) is 15.0 Å².